The van der Waals surface area contributed by atoms with Crippen LogP contribution in [0, 0.1) is 6.92 Å². The first-order valence-corrected chi connectivity index (χ1v) is 6.59. The van der Waals surface area contributed by atoms with Crippen molar-refractivity contribution in [2.24, 2.45) is 0 Å². The molecule has 0 saturated heterocycles. The summed E-state index contributed by atoms with van der Waals surface area (Å²) in [7, 11) is 0. The maximum atomic E-state index is 4.47. The molecule has 0 fully saturated rings. The lowest BCUT2D eigenvalue weighted by Crippen LogP contribution is -2.03. The quantitative estimate of drug-likeness (QED) is 0.849. The van der Waals surface area contributed by atoms with Gasteiger partial charge in [-0.1, -0.05) is 6.07 Å². The Balaban J connectivity index is 1.96. The third-order valence-corrected chi connectivity index (χ3v) is 3.35. The molecule has 0 atom stereocenters. The van der Waals surface area contributed by atoms with Crippen molar-refractivity contribution in [2.45, 2.75) is 20.4 Å². The second-order valence-electron chi connectivity index (χ2n) is 3.80. The second-order valence-corrected chi connectivity index (χ2v) is 5.18. The van der Waals surface area contributed by atoms with Crippen molar-refractivity contribution in [3.63, 3.8) is 0 Å². The fraction of sp³-hybridized carbons (Fsp3) is 0.308. The fourth-order valence-electron chi connectivity index (χ4n) is 1.57. The molecular formula is C13H17N3S. The first-order valence-electron chi connectivity index (χ1n) is 5.78. The molecule has 0 aliphatic carbocycles. The Hall–Kier alpha value is -1.55. The van der Waals surface area contributed by atoms with Crippen molar-refractivity contribution in [1.82, 2.24) is 4.98 Å². The summed E-state index contributed by atoms with van der Waals surface area (Å²) in [5.41, 5.74) is 0. The number of anilines is 2. The van der Waals surface area contributed by atoms with Crippen LogP contribution in [0.4, 0.5) is 11.6 Å². The summed E-state index contributed by atoms with van der Waals surface area (Å²) in [6.45, 7) is 5.91. The minimum Gasteiger partial charge on any atom is -0.370 e. The van der Waals surface area contributed by atoms with E-state index in [1.807, 2.05) is 29.5 Å². The van der Waals surface area contributed by atoms with Crippen LogP contribution in [0.15, 0.2) is 30.3 Å². The van der Waals surface area contributed by atoms with Gasteiger partial charge in [0.05, 0.1) is 6.54 Å². The van der Waals surface area contributed by atoms with E-state index in [-0.39, 0.29) is 0 Å². The Kier molecular flexibility index (Phi) is 3.98. The van der Waals surface area contributed by atoms with Gasteiger partial charge in [0.15, 0.2) is 0 Å². The predicted molar refractivity (Wildman–Crippen MR) is 74.8 cm³/mol. The molecule has 0 aromatic carbocycles. The van der Waals surface area contributed by atoms with Crippen molar-refractivity contribution in [3.8, 4) is 0 Å². The van der Waals surface area contributed by atoms with Crippen LogP contribution in [-0.2, 0) is 6.54 Å². The SMILES string of the molecule is CCNc1cccc(NCc2ccc(C)s2)n1. The number of aryl methyl sites for hydroxylation is 1. The normalized spacial score (nSPS) is 10.2. The van der Waals surface area contributed by atoms with Gasteiger partial charge in [0, 0.05) is 16.3 Å². The zero-order chi connectivity index (χ0) is 12.1. The summed E-state index contributed by atoms with van der Waals surface area (Å²) in [5, 5.41) is 6.53. The van der Waals surface area contributed by atoms with Gasteiger partial charge in [0.1, 0.15) is 11.6 Å². The van der Waals surface area contributed by atoms with Gasteiger partial charge in [0.2, 0.25) is 0 Å². The number of pyridine rings is 1. The number of aromatic nitrogens is 1. The van der Waals surface area contributed by atoms with E-state index in [0.29, 0.717) is 0 Å². The van der Waals surface area contributed by atoms with Crippen LogP contribution >= 0.6 is 11.3 Å². The van der Waals surface area contributed by atoms with Crippen molar-refractivity contribution in [2.75, 3.05) is 17.2 Å². The van der Waals surface area contributed by atoms with Gasteiger partial charge in [-0.2, -0.15) is 0 Å². The third-order valence-electron chi connectivity index (χ3n) is 2.35. The molecule has 2 aromatic rings. The Morgan fingerprint density at radius 1 is 1.12 bits per heavy atom. The van der Waals surface area contributed by atoms with Crippen molar-refractivity contribution >= 4 is 23.0 Å². The largest absolute Gasteiger partial charge is 0.370 e. The Morgan fingerprint density at radius 2 is 1.88 bits per heavy atom. The number of thiophene rings is 1. The summed E-state index contributed by atoms with van der Waals surface area (Å²) in [6, 6.07) is 10.3. The number of hydrogen-bond acceptors (Lipinski definition) is 4. The molecular weight excluding hydrogens is 230 g/mol. The molecule has 2 rings (SSSR count). The molecule has 3 nitrogen and oxygen atoms in total. The summed E-state index contributed by atoms with van der Waals surface area (Å²) in [5.74, 6) is 1.83. The molecule has 0 spiro atoms. The number of rotatable bonds is 5. The van der Waals surface area contributed by atoms with E-state index < -0.39 is 0 Å². The lowest BCUT2D eigenvalue weighted by Gasteiger charge is -2.07. The van der Waals surface area contributed by atoms with Gasteiger partial charge < -0.3 is 10.6 Å². The first-order chi connectivity index (χ1) is 8.28. The molecule has 4 heteroatoms. The molecule has 2 N–H and O–H groups in total. The summed E-state index contributed by atoms with van der Waals surface area (Å²) >= 11 is 1.82. The molecule has 0 amide bonds. The topological polar surface area (TPSA) is 37.0 Å². The van der Waals surface area contributed by atoms with E-state index in [1.165, 1.54) is 9.75 Å². The first kappa shape index (κ1) is 11.9. The molecule has 0 radical (unpaired) electrons. The van der Waals surface area contributed by atoms with Crippen LogP contribution < -0.4 is 10.6 Å². The van der Waals surface area contributed by atoms with Gasteiger partial charge in [0.25, 0.3) is 0 Å². The molecule has 17 heavy (non-hydrogen) atoms. The van der Waals surface area contributed by atoms with Gasteiger partial charge in [-0.25, -0.2) is 4.98 Å². The van der Waals surface area contributed by atoms with E-state index >= 15 is 0 Å². The van der Waals surface area contributed by atoms with Crippen molar-refractivity contribution < 1.29 is 0 Å². The minimum atomic E-state index is 0.834. The second kappa shape index (κ2) is 5.68. The van der Waals surface area contributed by atoms with E-state index in [4.69, 9.17) is 0 Å². The monoisotopic (exact) mass is 247 g/mol. The van der Waals surface area contributed by atoms with Crippen LogP contribution in [0.25, 0.3) is 0 Å². The predicted octanol–water partition coefficient (Wildman–Crippen LogP) is 3.50. The van der Waals surface area contributed by atoms with E-state index in [0.717, 1.165) is 24.7 Å². The Morgan fingerprint density at radius 3 is 2.53 bits per heavy atom. The Labute approximate surface area is 106 Å². The number of hydrogen-bond donors (Lipinski definition) is 2. The van der Waals surface area contributed by atoms with Gasteiger partial charge in [-0.15, -0.1) is 11.3 Å². The van der Waals surface area contributed by atoms with Crippen molar-refractivity contribution in [3.05, 3.63) is 40.1 Å². The number of nitrogens with zero attached hydrogens (tertiary/aromatic N) is 1. The highest BCUT2D eigenvalue weighted by Crippen LogP contribution is 2.17. The lowest BCUT2D eigenvalue weighted by atomic mass is 10.4. The molecule has 2 heterocycles. The molecule has 0 unspecified atom stereocenters. The molecule has 2 aromatic heterocycles. The fourth-order valence-corrected chi connectivity index (χ4v) is 2.40. The average molecular weight is 247 g/mol. The highest BCUT2D eigenvalue weighted by molar-refractivity contribution is 7.11. The summed E-state index contributed by atoms with van der Waals surface area (Å²) in [4.78, 5) is 7.14. The summed E-state index contributed by atoms with van der Waals surface area (Å²) < 4.78 is 0. The summed E-state index contributed by atoms with van der Waals surface area (Å²) in [6.07, 6.45) is 0. The van der Waals surface area contributed by atoms with Gasteiger partial charge >= 0.3 is 0 Å². The number of nitrogens with one attached hydrogen (secondary N) is 2. The lowest BCUT2D eigenvalue weighted by molar-refractivity contribution is 1.11. The average Bonchev–Trinajstić information content (AvgIpc) is 2.74. The molecule has 0 aliphatic rings. The van der Waals surface area contributed by atoms with Crippen LogP contribution in [0.3, 0.4) is 0 Å². The molecule has 0 saturated carbocycles. The molecule has 0 aliphatic heterocycles. The smallest absolute Gasteiger partial charge is 0.128 e. The van der Waals surface area contributed by atoms with Gasteiger partial charge in [-0.05, 0) is 38.1 Å². The zero-order valence-electron chi connectivity index (χ0n) is 10.2. The molecule has 90 valence electrons. The maximum Gasteiger partial charge on any atom is 0.128 e. The third kappa shape index (κ3) is 3.46. The van der Waals surface area contributed by atoms with Crippen LogP contribution in [-0.4, -0.2) is 11.5 Å². The highest BCUT2D eigenvalue weighted by atomic mass is 32.1. The maximum absolute atomic E-state index is 4.47. The van der Waals surface area contributed by atoms with E-state index in [9.17, 15) is 0 Å². The van der Waals surface area contributed by atoms with E-state index in [2.05, 4.69) is 41.6 Å². The minimum absolute atomic E-state index is 0.834. The van der Waals surface area contributed by atoms with E-state index in [1.54, 1.807) is 0 Å². The highest BCUT2D eigenvalue weighted by Gasteiger charge is 1.99. The van der Waals surface area contributed by atoms with Crippen LogP contribution in [0.5, 0.6) is 0 Å². The van der Waals surface area contributed by atoms with Crippen LogP contribution in [0.2, 0.25) is 0 Å². The van der Waals surface area contributed by atoms with Crippen molar-refractivity contribution in [1.29, 1.82) is 0 Å². The Bertz CT molecular complexity index is 479. The standard InChI is InChI=1S/C13H17N3S/c1-3-14-12-5-4-6-13(16-12)15-9-11-8-7-10(2)17-11/h4-8H,3,9H2,1-2H3,(H2,14,15,16). The molecule has 0 bridgehead atoms. The van der Waals surface area contributed by atoms with Gasteiger partial charge in [-0.3, -0.25) is 0 Å². The van der Waals surface area contributed by atoms with Crippen LogP contribution in [0.1, 0.15) is 16.7 Å². The zero-order valence-corrected chi connectivity index (χ0v) is 11.0.